The fourth-order valence-electron chi connectivity index (χ4n) is 2.71. The minimum Gasteiger partial charge on any atom is -0.0654 e. The van der Waals surface area contributed by atoms with Crippen LogP contribution in [0.4, 0.5) is 0 Å². The predicted molar refractivity (Wildman–Crippen MR) is 71.2 cm³/mol. The molecule has 0 heterocycles. The Morgan fingerprint density at radius 3 is 1.67 bits per heavy atom. The van der Waals surface area contributed by atoms with Crippen LogP contribution < -0.4 is 0 Å². The molecule has 0 bridgehead atoms. The minimum absolute atomic E-state index is 0.883. The maximum atomic E-state index is 2.37. The first-order chi connectivity index (χ1) is 7.15. The van der Waals surface area contributed by atoms with Crippen LogP contribution in [0, 0.1) is 17.8 Å². The lowest BCUT2D eigenvalue weighted by atomic mass is 9.81. The molecule has 0 heteroatoms. The predicted octanol–water partition coefficient (Wildman–Crippen LogP) is 5.67. The normalized spacial score (nSPS) is 15.6. The highest BCUT2D eigenvalue weighted by Crippen LogP contribution is 2.29. The Balaban J connectivity index is 3.86. The van der Waals surface area contributed by atoms with Gasteiger partial charge in [-0.2, -0.15) is 0 Å². The lowest BCUT2D eigenvalue weighted by molar-refractivity contribution is 0.265. The average Bonchev–Trinajstić information content (AvgIpc) is 2.21. The van der Waals surface area contributed by atoms with E-state index < -0.39 is 0 Å². The van der Waals surface area contributed by atoms with E-state index in [2.05, 4.69) is 34.6 Å². The van der Waals surface area contributed by atoms with Crippen molar-refractivity contribution in [2.45, 2.75) is 79.6 Å². The molecule has 2 unspecified atom stereocenters. The summed E-state index contributed by atoms with van der Waals surface area (Å²) in [5, 5.41) is 0. The number of hydrogen-bond acceptors (Lipinski definition) is 0. The third-order valence-corrected chi connectivity index (χ3v) is 3.73. The van der Waals surface area contributed by atoms with Crippen molar-refractivity contribution in [1.29, 1.82) is 0 Å². The van der Waals surface area contributed by atoms with Crippen LogP contribution in [0.15, 0.2) is 0 Å². The molecule has 0 radical (unpaired) electrons. The van der Waals surface area contributed by atoms with Crippen LogP contribution in [0.3, 0.4) is 0 Å². The van der Waals surface area contributed by atoms with Crippen LogP contribution in [-0.2, 0) is 0 Å². The second-order valence-corrected chi connectivity index (χ2v) is 5.45. The molecule has 0 fully saturated rings. The first-order valence-corrected chi connectivity index (χ1v) is 7.15. The van der Waals surface area contributed by atoms with Gasteiger partial charge in [0.2, 0.25) is 0 Å². The van der Waals surface area contributed by atoms with Crippen molar-refractivity contribution in [3.05, 3.63) is 0 Å². The zero-order valence-electron chi connectivity index (χ0n) is 11.7. The molecule has 0 aliphatic heterocycles. The van der Waals surface area contributed by atoms with Gasteiger partial charge in [0.15, 0.2) is 0 Å². The van der Waals surface area contributed by atoms with Gasteiger partial charge in [0, 0.05) is 0 Å². The Morgan fingerprint density at radius 2 is 1.27 bits per heavy atom. The molecular weight excluding hydrogens is 180 g/mol. The van der Waals surface area contributed by atoms with Gasteiger partial charge in [0.05, 0.1) is 0 Å². The molecule has 2 atom stereocenters. The van der Waals surface area contributed by atoms with Gasteiger partial charge in [0.25, 0.3) is 0 Å². The fraction of sp³-hybridized carbons (Fsp3) is 1.00. The fourth-order valence-corrected chi connectivity index (χ4v) is 2.71. The van der Waals surface area contributed by atoms with E-state index in [1.165, 1.54) is 44.9 Å². The van der Waals surface area contributed by atoms with Gasteiger partial charge in [-0.05, 0) is 17.8 Å². The third kappa shape index (κ3) is 6.98. The molecule has 0 amide bonds. The van der Waals surface area contributed by atoms with Crippen LogP contribution in [0.1, 0.15) is 79.6 Å². The first-order valence-electron chi connectivity index (χ1n) is 7.15. The number of hydrogen-bond donors (Lipinski definition) is 0. The van der Waals surface area contributed by atoms with Crippen LogP contribution in [0.25, 0.3) is 0 Å². The largest absolute Gasteiger partial charge is 0.0654 e. The topological polar surface area (TPSA) is 0 Å². The first kappa shape index (κ1) is 15.0. The van der Waals surface area contributed by atoms with Crippen molar-refractivity contribution in [2.24, 2.45) is 17.8 Å². The lowest BCUT2D eigenvalue weighted by Crippen LogP contribution is -2.13. The summed E-state index contributed by atoms with van der Waals surface area (Å²) < 4.78 is 0. The molecule has 0 nitrogen and oxygen atoms in total. The molecule has 0 rings (SSSR count). The zero-order valence-corrected chi connectivity index (χ0v) is 11.7. The Bertz CT molecular complexity index is 126. The van der Waals surface area contributed by atoms with Crippen LogP contribution in [0.2, 0.25) is 0 Å². The maximum Gasteiger partial charge on any atom is -0.0389 e. The van der Waals surface area contributed by atoms with Crippen molar-refractivity contribution in [1.82, 2.24) is 0 Å². The van der Waals surface area contributed by atoms with E-state index in [1.807, 2.05) is 0 Å². The van der Waals surface area contributed by atoms with Gasteiger partial charge in [-0.3, -0.25) is 0 Å². The molecule has 0 aromatic heterocycles. The molecule has 0 saturated carbocycles. The molecule has 0 aliphatic rings. The third-order valence-electron chi connectivity index (χ3n) is 3.73. The van der Waals surface area contributed by atoms with E-state index in [9.17, 15) is 0 Å². The molecule has 15 heavy (non-hydrogen) atoms. The van der Waals surface area contributed by atoms with Gasteiger partial charge in [-0.25, -0.2) is 0 Å². The standard InChI is InChI=1S/C15H32/c1-6-10-14(7-2)15(8-3)12-9-11-13(4)5/h13-15H,6-12H2,1-5H3. The maximum absolute atomic E-state index is 2.37. The second kappa shape index (κ2) is 9.24. The van der Waals surface area contributed by atoms with E-state index in [4.69, 9.17) is 0 Å². The van der Waals surface area contributed by atoms with Crippen LogP contribution in [-0.4, -0.2) is 0 Å². The van der Waals surface area contributed by atoms with E-state index in [1.54, 1.807) is 0 Å². The van der Waals surface area contributed by atoms with E-state index in [-0.39, 0.29) is 0 Å². The van der Waals surface area contributed by atoms with Gasteiger partial charge < -0.3 is 0 Å². The second-order valence-electron chi connectivity index (χ2n) is 5.45. The molecule has 0 saturated heterocycles. The Hall–Kier alpha value is 0. The summed E-state index contributed by atoms with van der Waals surface area (Å²) in [6.07, 6.45) is 9.89. The molecule has 0 N–H and O–H groups in total. The Labute approximate surface area is 97.8 Å². The molecule has 0 aromatic carbocycles. The quantitative estimate of drug-likeness (QED) is 0.462. The zero-order chi connectivity index (χ0) is 11.7. The molecule has 0 spiro atoms. The van der Waals surface area contributed by atoms with Crippen molar-refractivity contribution < 1.29 is 0 Å². The van der Waals surface area contributed by atoms with Gasteiger partial charge >= 0.3 is 0 Å². The minimum atomic E-state index is 0.883. The van der Waals surface area contributed by atoms with Crippen molar-refractivity contribution in [3.8, 4) is 0 Å². The van der Waals surface area contributed by atoms with Crippen molar-refractivity contribution in [2.75, 3.05) is 0 Å². The average molecular weight is 212 g/mol. The highest BCUT2D eigenvalue weighted by Gasteiger charge is 2.16. The molecule has 0 aliphatic carbocycles. The summed E-state index contributed by atoms with van der Waals surface area (Å²) in [6, 6.07) is 0. The van der Waals surface area contributed by atoms with E-state index >= 15 is 0 Å². The van der Waals surface area contributed by atoms with Crippen LogP contribution >= 0.6 is 0 Å². The Kier molecular flexibility index (Phi) is 9.24. The molecule has 92 valence electrons. The smallest absolute Gasteiger partial charge is 0.0389 e. The molecular formula is C15H32. The monoisotopic (exact) mass is 212 g/mol. The van der Waals surface area contributed by atoms with Crippen molar-refractivity contribution >= 4 is 0 Å². The van der Waals surface area contributed by atoms with E-state index in [0.29, 0.717) is 0 Å². The highest BCUT2D eigenvalue weighted by molar-refractivity contribution is 4.68. The SMILES string of the molecule is CCCC(CC)C(CC)CCCC(C)C. The van der Waals surface area contributed by atoms with Crippen LogP contribution in [0.5, 0.6) is 0 Å². The summed E-state index contributed by atoms with van der Waals surface area (Å²) >= 11 is 0. The summed E-state index contributed by atoms with van der Waals surface area (Å²) in [5.41, 5.74) is 0. The van der Waals surface area contributed by atoms with Gasteiger partial charge in [-0.15, -0.1) is 0 Å². The van der Waals surface area contributed by atoms with Crippen molar-refractivity contribution in [3.63, 3.8) is 0 Å². The van der Waals surface area contributed by atoms with Gasteiger partial charge in [-0.1, -0.05) is 79.6 Å². The summed E-state index contributed by atoms with van der Waals surface area (Å²) in [5.74, 6) is 2.87. The van der Waals surface area contributed by atoms with E-state index in [0.717, 1.165) is 17.8 Å². The summed E-state index contributed by atoms with van der Waals surface area (Å²) in [6.45, 7) is 11.7. The highest BCUT2D eigenvalue weighted by atomic mass is 14.2. The van der Waals surface area contributed by atoms with Gasteiger partial charge in [0.1, 0.15) is 0 Å². The lowest BCUT2D eigenvalue weighted by Gasteiger charge is -2.25. The molecule has 0 aromatic rings. The summed E-state index contributed by atoms with van der Waals surface area (Å²) in [4.78, 5) is 0. The number of rotatable bonds is 9. The Morgan fingerprint density at radius 1 is 0.733 bits per heavy atom. The summed E-state index contributed by atoms with van der Waals surface area (Å²) in [7, 11) is 0.